The molecule has 2 aliphatic heterocycles. The Morgan fingerprint density at radius 2 is 2.00 bits per heavy atom. The number of ether oxygens (including phenoxy) is 4. The minimum absolute atomic E-state index is 0. The summed E-state index contributed by atoms with van der Waals surface area (Å²) in [6.07, 6.45) is 1.92. The van der Waals surface area contributed by atoms with Crippen LogP contribution in [0.4, 0.5) is 0 Å². The number of nitrogens with one attached hydrogen (secondary N) is 2. The maximum Gasteiger partial charge on any atom is 0.231 e. The largest absolute Gasteiger partial charge is 0.488 e. The number of rotatable bonds is 8. The number of halogens is 1. The van der Waals surface area contributed by atoms with Gasteiger partial charge in [-0.05, 0) is 49.6 Å². The molecule has 2 aromatic carbocycles. The van der Waals surface area contributed by atoms with Gasteiger partial charge in [0.05, 0.1) is 19.8 Å². The summed E-state index contributed by atoms with van der Waals surface area (Å²) in [5.74, 6) is 3.32. The van der Waals surface area contributed by atoms with Crippen LogP contribution in [0.25, 0.3) is 0 Å². The molecule has 0 saturated carbocycles. The van der Waals surface area contributed by atoms with Crippen molar-refractivity contribution in [1.82, 2.24) is 10.6 Å². The summed E-state index contributed by atoms with van der Waals surface area (Å²) in [6, 6.07) is 12.4. The molecule has 0 bridgehead atoms. The van der Waals surface area contributed by atoms with Crippen LogP contribution in [-0.2, 0) is 17.7 Å². The summed E-state index contributed by atoms with van der Waals surface area (Å²) < 4.78 is 22.5. The van der Waals surface area contributed by atoms with Crippen LogP contribution < -0.4 is 24.8 Å². The van der Waals surface area contributed by atoms with Gasteiger partial charge in [0, 0.05) is 25.1 Å². The van der Waals surface area contributed by atoms with E-state index in [4.69, 9.17) is 23.9 Å². The molecule has 0 aromatic heterocycles. The Bertz CT molecular complexity index is 916. The van der Waals surface area contributed by atoms with Gasteiger partial charge < -0.3 is 29.6 Å². The van der Waals surface area contributed by atoms with Gasteiger partial charge in [-0.3, -0.25) is 0 Å². The highest BCUT2D eigenvalue weighted by atomic mass is 127. The predicted octanol–water partition coefficient (Wildman–Crippen LogP) is 3.81. The first-order chi connectivity index (χ1) is 15.2. The Labute approximate surface area is 206 Å². The van der Waals surface area contributed by atoms with E-state index in [2.05, 4.69) is 48.7 Å². The van der Waals surface area contributed by atoms with E-state index in [0.717, 1.165) is 61.3 Å². The van der Waals surface area contributed by atoms with Crippen LogP contribution in [-0.4, -0.2) is 45.2 Å². The lowest BCUT2D eigenvalue weighted by molar-refractivity contribution is 0.140. The monoisotopic (exact) mass is 553 g/mol. The maximum atomic E-state index is 6.20. The van der Waals surface area contributed by atoms with Crippen LogP contribution in [0.15, 0.2) is 41.4 Å². The van der Waals surface area contributed by atoms with Crippen molar-refractivity contribution >= 4 is 29.9 Å². The molecular formula is C24H32IN3O4. The van der Waals surface area contributed by atoms with Gasteiger partial charge in [-0.2, -0.15) is 0 Å². The first-order valence-electron chi connectivity index (χ1n) is 11.0. The highest BCUT2D eigenvalue weighted by molar-refractivity contribution is 14.0. The summed E-state index contributed by atoms with van der Waals surface area (Å²) in [5, 5.41) is 6.74. The van der Waals surface area contributed by atoms with Gasteiger partial charge in [0.2, 0.25) is 6.79 Å². The standard InChI is InChI=1S/C24H31N3O4.HI/c1-3-25-24(26-10-8-18-5-7-21-23(13-18)30-16-29-21)27-14-19-6-4-17(2)12-22(19)31-20-9-11-28-15-20;/h4-7,12-13,20H,3,8-11,14-16H2,1-2H3,(H2,25,26,27);1H. The molecule has 2 N–H and O–H groups in total. The number of fused-ring (bicyclic) bond motifs is 1. The number of hydrogen-bond acceptors (Lipinski definition) is 5. The van der Waals surface area contributed by atoms with E-state index in [9.17, 15) is 0 Å². The summed E-state index contributed by atoms with van der Waals surface area (Å²) >= 11 is 0. The number of aliphatic imine (C=N–C) groups is 1. The van der Waals surface area contributed by atoms with Gasteiger partial charge in [-0.1, -0.05) is 18.2 Å². The Morgan fingerprint density at radius 3 is 2.81 bits per heavy atom. The van der Waals surface area contributed by atoms with E-state index < -0.39 is 0 Å². The van der Waals surface area contributed by atoms with Crippen LogP contribution in [0.3, 0.4) is 0 Å². The number of guanidine groups is 1. The zero-order valence-electron chi connectivity index (χ0n) is 18.7. The van der Waals surface area contributed by atoms with E-state index in [0.29, 0.717) is 19.9 Å². The Balaban J connectivity index is 0.00000289. The quantitative estimate of drug-likeness (QED) is 0.295. The average molecular weight is 553 g/mol. The highest BCUT2D eigenvalue weighted by Gasteiger charge is 2.19. The molecule has 32 heavy (non-hydrogen) atoms. The minimum Gasteiger partial charge on any atom is -0.488 e. The highest BCUT2D eigenvalue weighted by Crippen LogP contribution is 2.32. The number of benzene rings is 2. The zero-order chi connectivity index (χ0) is 21.5. The Hall–Kier alpha value is -2.20. The van der Waals surface area contributed by atoms with Gasteiger partial charge in [0.1, 0.15) is 11.9 Å². The number of hydrogen-bond donors (Lipinski definition) is 2. The molecule has 2 aliphatic rings. The van der Waals surface area contributed by atoms with Gasteiger partial charge in [0.25, 0.3) is 0 Å². The van der Waals surface area contributed by atoms with Crippen LogP contribution in [0.2, 0.25) is 0 Å². The summed E-state index contributed by atoms with van der Waals surface area (Å²) in [6.45, 7) is 7.97. The molecule has 8 heteroatoms. The van der Waals surface area contributed by atoms with Crippen molar-refractivity contribution in [3.05, 3.63) is 53.1 Å². The fraction of sp³-hybridized carbons (Fsp3) is 0.458. The normalized spacial score (nSPS) is 17.1. The molecule has 1 unspecified atom stereocenters. The first-order valence-corrected chi connectivity index (χ1v) is 11.0. The zero-order valence-corrected chi connectivity index (χ0v) is 21.0. The molecule has 0 amide bonds. The van der Waals surface area contributed by atoms with Crippen molar-refractivity contribution in [2.75, 3.05) is 33.1 Å². The van der Waals surface area contributed by atoms with Crippen molar-refractivity contribution in [2.24, 2.45) is 4.99 Å². The second kappa shape index (κ2) is 12.2. The van der Waals surface area contributed by atoms with Crippen molar-refractivity contribution in [3.63, 3.8) is 0 Å². The Kier molecular flexibility index (Phi) is 9.28. The molecule has 0 radical (unpaired) electrons. The predicted molar refractivity (Wildman–Crippen MR) is 136 cm³/mol. The molecule has 2 aromatic rings. The smallest absolute Gasteiger partial charge is 0.231 e. The fourth-order valence-electron chi connectivity index (χ4n) is 3.62. The van der Waals surface area contributed by atoms with Crippen LogP contribution in [0.1, 0.15) is 30.0 Å². The van der Waals surface area contributed by atoms with Gasteiger partial charge in [0.15, 0.2) is 17.5 Å². The number of nitrogens with zero attached hydrogens (tertiary/aromatic N) is 1. The molecular weight excluding hydrogens is 521 g/mol. The van der Waals surface area contributed by atoms with E-state index >= 15 is 0 Å². The molecule has 0 spiro atoms. The average Bonchev–Trinajstić information content (AvgIpc) is 3.44. The lowest BCUT2D eigenvalue weighted by Gasteiger charge is -2.16. The van der Waals surface area contributed by atoms with Gasteiger partial charge in [-0.25, -0.2) is 4.99 Å². The molecule has 174 valence electrons. The van der Waals surface area contributed by atoms with Crippen molar-refractivity contribution in [3.8, 4) is 17.2 Å². The SMILES string of the molecule is CCNC(=NCc1ccc(C)cc1OC1CCOC1)NCCc1ccc2c(c1)OCO2.I. The van der Waals surface area contributed by atoms with Crippen LogP contribution >= 0.6 is 24.0 Å². The lowest BCUT2D eigenvalue weighted by atomic mass is 10.1. The second-order valence-corrected chi connectivity index (χ2v) is 7.77. The second-order valence-electron chi connectivity index (χ2n) is 7.77. The molecule has 7 nitrogen and oxygen atoms in total. The minimum atomic E-state index is 0. The van der Waals surface area contributed by atoms with Crippen molar-refractivity contribution in [2.45, 2.75) is 39.3 Å². The topological polar surface area (TPSA) is 73.3 Å². The lowest BCUT2D eigenvalue weighted by Crippen LogP contribution is -2.38. The molecule has 1 saturated heterocycles. The number of aryl methyl sites for hydroxylation is 1. The summed E-state index contributed by atoms with van der Waals surface area (Å²) in [5.41, 5.74) is 3.45. The molecule has 2 heterocycles. The van der Waals surface area contributed by atoms with Crippen LogP contribution in [0.5, 0.6) is 17.2 Å². The van der Waals surface area contributed by atoms with E-state index in [1.165, 1.54) is 11.1 Å². The molecule has 0 aliphatic carbocycles. The Morgan fingerprint density at radius 1 is 1.12 bits per heavy atom. The fourth-order valence-corrected chi connectivity index (χ4v) is 3.62. The summed E-state index contributed by atoms with van der Waals surface area (Å²) in [4.78, 5) is 4.78. The van der Waals surface area contributed by atoms with Crippen molar-refractivity contribution in [1.29, 1.82) is 0 Å². The summed E-state index contributed by atoms with van der Waals surface area (Å²) in [7, 11) is 0. The third-order valence-electron chi connectivity index (χ3n) is 5.30. The third kappa shape index (κ3) is 6.65. The maximum absolute atomic E-state index is 6.20. The first kappa shape index (κ1) is 24.4. The van der Waals surface area contributed by atoms with Crippen molar-refractivity contribution < 1.29 is 18.9 Å². The molecule has 1 atom stereocenters. The van der Waals surface area contributed by atoms with E-state index in [1.807, 2.05) is 12.1 Å². The molecule has 1 fully saturated rings. The molecule has 4 rings (SSSR count). The third-order valence-corrected chi connectivity index (χ3v) is 5.30. The van der Waals surface area contributed by atoms with E-state index in [-0.39, 0.29) is 30.1 Å². The van der Waals surface area contributed by atoms with Crippen LogP contribution in [0, 0.1) is 6.92 Å². The van der Waals surface area contributed by atoms with Gasteiger partial charge >= 0.3 is 0 Å². The van der Waals surface area contributed by atoms with E-state index in [1.54, 1.807) is 0 Å². The van der Waals surface area contributed by atoms with Gasteiger partial charge in [-0.15, -0.1) is 24.0 Å².